The SMILES string of the molecule is CC(C)c1nc(Nc2cnccc2C(F)(F)F)cc(C2CN(S(C)(=O)=O)C2)n1. The molecule has 1 aliphatic rings. The van der Waals surface area contributed by atoms with E-state index >= 15 is 0 Å². The number of sulfonamides is 1. The van der Waals surface area contributed by atoms with E-state index in [-0.39, 0.29) is 36.4 Å². The van der Waals surface area contributed by atoms with Crippen LogP contribution in [0.1, 0.15) is 42.8 Å². The van der Waals surface area contributed by atoms with Crippen molar-refractivity contribution in [3.63, 3.8) is 0 Å². The molecule has 28 heavy (non-hydrogen) atoms. The van der Waals surface area contributed by atoms with E-state index in [9.17, 15) is 21.6 Å². The average Bonchev–Trinajstić information content (AvgIpc) is 2.51. The number of halogens is 3. The van der Waals surface area contributed by atoms with Crippen molar-refractivity contribution >= 4 is 21.5 Å². The molecular weight excluding hydrogens is 395 g/mol. The molecule has 0 aromatic carbocycles. The Morgan fingerprint density at radius 3 is 2.50 bits per heavy atom. The molecule has 3 heterocycles. The smallest absolute Gasteiger partial charge is 0.338 e. The molecule has 0 bridgehead atoms. The second kappa shape index (κ2) is 7.28. The van der Waals surface area contributed by atoms with E-state index in [2.05, 4.69) is 20.3 Å². The quantitative estimate of drug-likeness (QED) is 0.807. The molecule has 3 rings (SSSR count). The minimum atomic E-state index is -4.54. The lowest BCUT2D eigenvalue weighted by atomic mass is 9.98. The molecule has 11 heteroatoms. The largest absolute Gasteiger partial charge is 0.418 e. The fourth-order valence-corrected chi connectivity index (χ4v) is 3.69. The fourth-order valence-electron chi connectivity index (χ4n) is 2.79. The van der Waals surface area contributed by atoms with Crippen molar-refractivity contribution in [2.75, 3.05) is 24.7 Å². The summed E-state index contributed by atoms with van der Waals surface area (Å²) < 4.78 is 64.1. The fraction of sp³-hybridized carbons (Fsp3) is 0.471. The first-order valence-electron chi connectivity index (χ1n) is 8.57. The standard InChI is InChI=1S/C17H20F3N5O2S/c1-10(2)16-23-13(11-8-25(9-11)28(3,26)27)6-15(24-16)22-14-7-21-5-4-12(14)17(18,19)20/h4-7,10-11H,8-9H2,1-3H3,(H,22,23,24). The summed E-state index contributed by atoms with van der Waals surface area (Å²) in [6, 6.07) is 2.45. The third-order valence-corrected chi connectivity index (χ3v) is 5.64. The molecule has 0 atom stereocenters. The van der Waals surface area contributed by atoms with Gasteiger partial charge in [0, 0.05) is 37.2 Å². The Kier molecular flexibility index (Phi) is 5.32. The second-order valence-electron chi connectivity index (χ2n) is 7.01. The number of rotatable bonds is 5. The van der Waals surface area contributed by atoms with Crippen LogP contribution in [-0.2, 0) is 16.2 Å². The number of anilines is 2. The second-order valence-corrected chi connectivity index (χ2v) is 8.99. The number of pyridine rings is 1. The molecule has 0 unspecified atom stereocenters. The Morgan fingerprint density at radius 1 is 1.25 bits per heavy atom. The van der Waals surface area contributed by atoms with Crippen molar-refractivity contribution in [1.82, 2.24) is 19.3 Å². The van der Waals surface area contributed by atoms with Gasteiger partial charge in [-0.05, 0) is 6.07 Å². The van der Waals surface area contributed by atoms with E-state index in [1.54, 1.807) is 6.07 Å². The molecule has 152 valence electrons. The van der Waals surface area contributed by atoms with Crippen molar-refractivity contribution < 1.29 is 21.6 Å². The maximum absolute atomic E-state index is 13.2. The van der Waals surface area contributed by atoms with Gasteiger partial charge in [0.05, 0.1) is 29.4 Å². The first-order chi connectivity index (χ1) is 12.9. The van der Waals surface area contributed by atoms with Crippen LogP contribution in [0, 0.1) is 0 Å². The lowest BCUT2D eigenvalue weighted by molar-refractivity contribution is -0.137. The highest BCUT2D eigenvalue weighted by molar-refractivity contribution is 7.88. The Hall–Kier alpha value is -2.27. The lowest BCUT2D eigenvalue weighted by Crippen LogP contribution is -2.48. The van der Waals surface area contributed by atoms with Crippen LogP contribution in [0.5, 0.6) is 0 Å². The first kappa shape index (κ1) is 20.5. The van der Waals surface area contributed by atoms with Gasteiger partial charge in [0.1, 0.15) is 11.6 Å². The Bertz CT molecular complexity index is 973. The summed E-state index contributed by atoms with van der Waals surface area (Å²) in [4.78, 5) is 12.5. The van der Waals surface area contributed by atoms with Gasteiger partial charge in [0.15, 0.2) is 0 Å². The third-order valence-electron chi connectivity index (χ3n) is 4.40. The van der Waals surface area contributed by atoms with Crippen molar-refractivity contribution in [1.29, 1.82) is 0 Å². The average molecular weight is 415 g/mol. The predicted octanol–water partition coefficient (Wildman–Crippen LogP) is 3.12. The normalized spacial score (nSPS) is 16.2. The molecule has 1 N–H and O–H groups in total. The topological polar surface area (TPSA) is 88.1 Å². The van der Waals surface area contributed by atoms with Gasteiger partial charge in [-0.2, -0.15) is 13.2 Å². The van der Waals surface area contributed by atoms with E-state index < -0.39 is 21.8 Å². The summed E-state index contributed by atoms with van der Waals surface area (Å²) in [5.41, 5.74) is -0.458. The van der Waals surface area contributed by atoms with Crippen molar-refractivity contribution in [2.45, 2.75) is 31.9 Å². The van der Waals surface area contributed by atoms with Crippen LogP contribution in [0.2, 0.25) is 0 Å². The van der Waals surface area contributed by atoms with Crippen LogP contribution >= 0.6 is 0 Å². The number of aromatic nitrogens is 3. The van der Waals surface area contributed by atoms with Gasteiger partial charge in [-0.3, -0.25) is 4.98 Å². The van der Waals surface area contributed by atoms with Gasteiger partial charge in [-0.1, -0.05) is 13.8 Å². The zero-order chi connectivity index (χ0) is 20.7. The van der Waals surface area contributed by atoms with Crippen molar-refractivity contribution in [3.05, 3.63) is 41.6 Å². The van der Waals surface area contributed by atoms with Crippen LogP contribution in [-0.4, -0.2) is 47.0 Å². The molecule has 1 aliphatic heterocycles. The molecule has 0 radical (unpaired) electrons. The molecule has 2 aromatic rings. The first-order valence-corrected chi connectivity index (χ1v) is 10.4. The minimum absolute atomic E-state index is 0.0532. The summed E-state index contributed by atoms with van der Waals surface area (Å²) in [6.45, 7) is 4.32. The molecule has 0 spiro atoms. The van der Waals surface area contributed by atoms with Crippen LogP contribution in [0.25, 0.3) is 0 Å². The monoisotopic (exact) mass is 415 g/mol. The van der Waals surface area contributed by atoms with Crippen molar-refractivity contribution in [2.24, 2.45) is 0 Å². The van der Waals surface area contributed by atoms with E-state index in [0.717, 1.165) is 24.7 Å². The van der Waals surface area contributed by atoms with Gasteiger partial charge in [0.25, 0.3) is 0 Å². The molecule has 0 amide bonds. The van der Waals surface area contributed by atoms with Gasteiger partial charge in [-0.25, -0.2) is 22.7 Å². The van der Waals surface area contributed by atoms with Crippen LogP contribution < -0.4 is 5.32 Å². The van der Waals surface area contributed by atoms with E-state index in [4.69, 9.17) is 0 Å². The molecule has 0 aliphatic carbocycles. The summed E-state index contributed by atoms with van der Waals surface area (Å²) in [7, 11) is -3.27. The lowest BCUT2D eigenvalue weighted by Gasteiger charge is -2.37. The highest BCUT2D eigenvalue weighted by atomic mass is 32.2. The molecule has 2 aromatic heterocycles. The summed E-state index contributed by atoms with van der Waals surface area (Å²) >= 11 is 0. The van der Waals surface area contributed by atoms with Crippen LogP contribution in [0.3, 0.4) is 0 Å². The Morgan fingerprint density at radius 2 is 1.93 bits per heavy atom. The van der Waals surface area contributed by atoms with Crippen LogP contribution in [0.4, 0.5) is 24.7 Å². The zero-order valence-corrected chi connectivity index (χ0v) is 16.3. The summed E-state index contributed by atoms with van der Waals surface area (Å²) in [5.74, 6) is 0.495. The summed E-state index contributed by atoms with van der Waals surface area (Å²) in [5, 5.41) is 2.69. The number of hydrogen-bond acceptors (Lipinski definition) is 6. The summed E-state index contributed by atoms with van der Waals surface area (Å²) in [6.07, 6.45) is -1.23. The molecular formula is C17H20F3N5O2S. The van der Waals surface area contributed by atoms with E-state index in [0.29, 0.717) is 11.5 Å². The van der Waals surface area contributed by atoms with Crippen LogP contribution in [0.15, 0.2) is 24.5 Å². The van der Waals surface area contributed by atoms with E-state index in [1.807, 2.05) is 13.8 Å². The molecule has 1 saturated heterocycles. The van der Waals surface area contributed by atoms with E-state index in [1.165, 1.54) is 4.31 Å². The highest BCUT2D eigenvalue weighted by Crippen LogP contribution is 2.36. The highest BCUT2D eigenvalue weighted by Gasteiger charge is 2.36. The number of nitrogens with zero attached hydrogens (tertiary/aromatic N) is 4. The van der Waals surface area contributed by atoms with Gasteiger partial charge in [-0.15, -0.1) is 0 Å². The predicted molar refractivity (Wildman–Crippen MR) is 97.8 cm³/mol. The maximum Gasteiger partial charge on any atom is 0.418 e. The molecule has 7 nitrogen and oxygen atoms in total. The van der Waals surface area contributed by atoms with Gasteiger partial charge < -0.3 is 5.32 Å². The van der Waals surface area contributed by atoms with Crippen molar-refractivity contribution in [3.8, 4) is 0 Å². The molecule has 0 saturated carbocycles. The maximum atomic E-state index is 13.2. The van der Waals surface area contributed by atoms with Gasteiger partial charge >= 0.3 is 6.18 Å². The van der Waals surface area contributed by atoms with Gasteiger partial charge in [0.2, 0.25) is 10.0 Å². The Balaban J connectivity index is 1.92. The number of hydrogen-bond donors (Lipinski definition) is 1. The Labute approximate surface area is 161 Å². The number of nitrogens with one attached hydrogen (secondary N) is 1. The number of alkyl halides is 3. The molecule has 1 fully saturated rings. The minimum Gasteiger partial charge on any atom is -0.338 e. The zero-order valence-electron chi connectivity index (χ0n) is 15.5. The third kappa shape index (κ3) is 4.41.